The molecular weight excluding hydrogens is 505 g/mol. The molecule has 5 nitrogen and oxygen atoms in total. The van der Waals surface area contributed by atoms with E-state index in [1.807, 2.05) is 12.1 Å². The van der Waals surface area contributed by atoms with Crippen LogP contribution in [-0.2, 0) is 17.4 Å². The number of hydrogen-bond donors (Lipinski definition) is 2. The first-order valence-electron chi connectivity index (χ1n) is 12.8. The Bertz CT molecular complexity index is 1480. The summed E-state index contributed by atoms with van der Waals surface area (Å²) < 4.78 is 39.3. The normalized spacial score (nSPS) is 13.9. The number of alkyl halides is 3. The number of carboxylic acid groups (broad SMARTS) is 1. The molecule has 0 radical (unpaired) electrons. The monoisotopic (exact) mass is 532 g/mol. The SMILES string of the molecule is O=C(O)Cc1ccc(-c2[nH]cc(C(=O)c3ccccc3-c3ccc(C(F)(F)F)cc3)c2N2CCCCC2)cc1. The topological polar surface area (TPSA) is 73.4 Å². The molecule has 3 aromatic carbocycles. The van der Waals surface area contributed by atoms with Gasteiger partial charge in [0, 0.05) is 30.4 Å². The summed E-state index contributed by atoms with van der Waals surface area (Å²) in [6.07, 6.45) is 0.283. The van der Waals surface area contributed by atoms with E-state index >= 15 is 0 Å². The Morgan fingerprint density at radius 1 is 0.821 bits per heavy atom. The van der Waals surface area contributed by atoms with E-state index in [1.54, 1.807) is 42.6 Å². The lowest BCUT2D eigenvalue weighted by atomic mass is 9.93. The Balaban J connectivity index is 1.56. The minimum atomic E-state index is -4.44. The number of hydrogen-bond acceptors (Lipinski definition) is 3. The summed E-state index contributed by atoms with van der Waals surface area (Å²) in [5.74, 6) is -1.13. The maximum atomic E-state index is 14.1. The Morgan fingerprint density at radius 2 is 1.46 bits per heavy atom. The number of piperidine rings is 1. The van der Waals surface area contributed by atoms with Crippen LogP contribution in [0.15, 0.2) is 79.0 Å². The minimum absolute atomic E-state index is 0.0749. The van der Waals surface area contributed by atoms with Crippen LogP contribution in [0.25, 0.3) is 22.4 Å². The van der Waals surface area contributed by atoms with Crippen LogP contribution in [0.4, 0.5) is 18.9 Å². The molecule has 1 aliphatic heterocycles. The fourth-order valence-corrected chi connectivity index (χ4v) is 5.14. The number of anilines is 1. The summed E-state index contributed by atoms with van der Waals surface area (Å²) in [5.41, 5.74) is 4.30. The fraction of sp³-hybridized carbons (Fsp3) is 0.226. The molecule has 4 aromatic rings. The lowest BCUT2D eigenvalue weighted by molar-refractivity contribution is -0.138. The number of aromatic amines is 1. The van der Waals surface area contributed by atoms with Crippen molar-refractivity contribution in [2.45, 2.75) is 31.9 Å². The Hall–Kier alpha value is -4.33. The molecule has 2 heterocycles. The molecular formula is C31H27F3N2O3. The van der Waals surface area contributed by atoms with Gasteiger partial charge in [0.05, 0.1) is 28.9 Å². The molecule has 200 valence electrons. The predicted molar refractivity (Wildman–Crippen MR) is 144 cm³/mol. The number of nitrogens with one attached hydrogen (secondary N) is 1. The maximum Gasteiger partial charge on any atom is 0.416 e. The zero-order chi connectivity index (χ0) is 27.6. The molecule has 1 saturated heterocycles. The van der Waals surface area contributed by atoms with Gasteiger partial charge in [-0.15, -0.1) is 0 Å². The summed E-state index contributed by atoms with van der Waals surface area (Å²) >= 11 is 0. The standard InChI is InChI=1S/C31H27F3N2O3/c32-31(33,34)23-14-12-21(13-15-23)24-6-2-3-7-25(24)30(39)26-19-35-28(29(26)36-16-4-1-5-17-36)22-10-8-20(9-11-22)18-27(37)38/h2-3,6-15,19,35H,1,4-5,16-18H2,(H,37,38). The van der Waals surface area contributed by atoms with Crippen LogP contribution in [-0.4, -0.2) is 34.9 Å². The number of rotatable bonds is 7. The predicted octanol–water partition coefficient (Wildman–Crippen LogP) is 7.22. The van der Waals surface area contributed by atoms with E-state index in [2.05, 4.69) is 9.88 Å². The van der Waals surface area contributed by atoms with E-state index in [-0.39, 0.29) is 12.2 Å². The molecule has 2 N–H and O–H groups in total. The van der Waals surface area contributed by atoms with Gasteiger partial charge in [-0.1, -0.05) is 60.7 Å². The molecule has 0 aliphatic carbocycles. The first-order valence-corrected chi connectivity index (χ1v) is 12.8. The lowest BCUT2D eigenvalue weighted by Crippen LogP contribution is -2.30. The Labute approximate surface area is 223 Å². The molecule has 0 saturated carbocycles. The molecule has 0 bridgehead atoms. The largest absolute Gasteiger partial charge is 0.481 e. The summed E-state index contributed by atoms with van der Waals surface area (Å²) in [6, 6.07) is 19.0. The molecule has 5 rings (SSSR count). The Kier molecular flexibility index (Phi) is 7.28. The molecule has 0 spiro atoms. The molecule has 1 fully saturated rings. The molecule has 0 amide bonds. The van der Waals surface area contributed by atoms with E-state index in [1.165, 1.54) is 12.1 Å². The van der Waals surface area contributed by atoms with E-state index in [0.717, 1.165) is 61.4 Å². The molecule has 39 heavy (non-hydrogen) atoms. The number of aromatic nitrogens is 1. The highest BCUT2D eigenvalue weighted by Crippen LogP contribution is 2.38. The highest BCUT2D eigenvalue weighted by atomic mass is 19.4. The average Bonchev–Trinajstić information content (AvgIpc) is 3.38. The summed E-state index contributed by atoms with van der Waals surface area (Å²) in [5, 5.41) is 9.09. The first kappa shape index (κ1) is 26.3. The van der Waals surface area contributed by atoms with Gasteiger partial charge in [-0.3, -0.25) is 9.59 Å². The van der Waals surface area contributed by atoms with Crippen molar-refractivity contribution in [3.05, 3.63) is 101 Å². The van der Waals surface area contributed by atoms with Gasteiger partial charge in [0.1, 0.15) is 0 Å². The van der Waals surface area contributed by atoms with Gasteiger partial charge in [-0.05, 0) is 48.1 Å². The number of carboxylic acids is 1. The highest BCUT2D eigenvalue weighted by molar-refractivity contribution is 6.17. The fourth-order valence-electron chi connectivity index (χ4n) is 5.14. The van der Waals surface area contributed by atoms with Crippen LogP contribution in [0.2, 0.25) is 0 Å². The summed E-state index contributed by atoms with van der Waals surface area (Å²) in [7, 11) is 0. The van der Waals surface area contributed by atoms with E-state index in [0.29, 0.717) is 27.8 Å². The zero-order valence-corrected chi connectivity index (χ0v) is 21.1. The van der Waals surface area contributed by atoms with Crippen molar-refractivity contribution >= 4 is 17.4 Å². The lowest BCUT2D eigenvalue weighted by Gasteiger charge is -2.30. The van der Waals surface area contributed by atoms with Crippen LogP contribution in [0, 0.1) is 0 Å². The van der Waals surface area contributed by atoms with Gasteiger partial charge in [-0.2, -0.15) is 13.2 Å². The van der Waals surface area contributed by atoms with Gasteiger partial charge in [-0.25, -0.2) is 0 Å². The van der Waals surface area contributed by atoms with Crippen molar-refractivity contribution in [3.63, 3.8) is 0 Å². The second-order valence-corrected chi connectivity index (χ2v) is 9.69. The second-order valence-electron chi connectivity index (χ2n) is 9.69. The van der Waals surface area contributed by atoms with Crippen LogP contribution < -0.4 is 4.90 Å². The van der Waals surface area contributed by atoms with Crippen molar-refractivity contribution < 1.29 is 27.9 Å². The smallest absolute Gasteiger partial charge is 0.416 e. The van der Waals surface area contributed by atoms with Crippen LogP contribution in [0.3, 0.4) is 0 Å². The minimum Gasteiger partial charge on any atom is -0.481 e. The first-order chi connectivity index (χ1) is 18.7. The molecule has 0 atom stereocenters. The van der Waals surface area contributed by atoms with Crippen molar-refractivity contribution in [1.82, 2.24) is 4.98 Å². The van der Waals surface area contributed by atoms with E-state index in [9.17, 15) is 22.8 Å². The quantitative estimate of drug-likeness (QED) is 0.247. The highest BCUT2D eigenvalue weighted by Gasteiger charge is 2.30. The van der Waals surface area contributed by atoms with Crippen molar-refractivity contribution in [2.75, 3.05) is 18.0 Å². The maximum absolute atomic E-state index is 14.1. The molecule has 1 aliphatic rings. The van der Waals surface area contributed by atoms with Crippen LogP contribution >= 0.6 is 0 Å². The third kappa shape index (κ3) is 5.60. The number of benzene rings is 3. The van der Waals surface area contributed by atoms with Crippen molar-refractivity contribution in [1.29, 1.82) is 0 Å². The van der Waals surface area contributed by atoms with Gasteiger partial charge < -0.3 is 15.0 Å². The number of H-pyrrole nitrogens is 1. The number of aliphatic carboxylic acids is 1. The number of halogens is 3. The van der Waals surface area contributed by atoms with Gasteiger partial charge in [0.2, 0.25) is 0 Å². The second kappa shape index (κ2) is 10.8. The summed E-state index contributed by atoms with van der Waals surface area (Å²) in [4.78, 5) is 30.6. The van der Waals surface area contributed by atoms with Crippen molar-refractivity contribution in [2.24, 2.45) is 0 Å². The van der Waals surface area contributed by atoms with Gasteiger partial charge >= 0.3 is 12.1 Å². The third-order valence-electron chi connectivity index (χ3n) is 7.06. The zero-order valence-electron chi connectivity index (χ0n) is 21.1. The van der Waals surface area contributed by atoms with Crippen LogP contribution in [0.5, 0.6) is 0 Å². The molecule has 0 unspecified atom stereocenters. The third-order valence-corrected chi connectivity index (χ3v) is 7.06. The van der Waals surface area contributed by atoms with E-state index in [4.69, 9.17) is 5.11 Å². The number of carbonyl (C=O) groups excluding carboxylic acids is 1. The number of nitrogens with zero attached hydrogens (tertiary/aromatic N) is 1. The van der Waals surface area contributed by atoms with Gasteiger partial charge in [0.15, 0.2) is 5.78 Å². The molecule has 1 aromatic heterocycles. The van der Waals surface area contributed by atoms with Gasteiger partial charge in [0.25, 0.3) is 0 Å². The summed E-state index contributed by atoms with van der Waals surface area (Å²) in [6.45, 7) is 1.59. The number of carbonyl (C=O) groups is 2. The Morgan fingerprint density at radius 3 is 2.10 bits per heavy atom. The van der Waals surface area contributed by atoms with E-state index < -0.39 is 17.7 Å². The van der Waals surface area contributed by atoms with Crippen LogP contribution in [0.1, 0.15) is 46.3 Å². The number of ketones is 1. The molecule has 8 heteroatoms. The van der Waals surface area contributed by atoms with Crippen molar-refractivity contribution in [3.8, 4) is 22.4 Å². The average molecular weight is 533 g/mol.